The molecule has 0 atom stereocenters. The number of nitrogen functional groups attached to an aromatic ring is 1. The first-order valence-corrected chi connectivity index (χ1v) is 6.31. The number of fused-ring (bicyclic) bond motifs is 1. The number of hydrogen-bond acceptors (Lipinski definition) is 3. The molecule has 3 rings (SSSR count). The lowest BCUT2D eigenvalue weighted by atomic mass is 9.99. The predicted molar refractivity (Wildman–Crippen MR) is 81.2 cm³/mol. The summed E-state index contributed by atoms with van der Waals surface area (Å²) in [5.41, 5.74) is 7.00. The van der Waals surface area contributed by atoms with Gasteiger partial charge in [-0.3, -0.25) is 9.79 Å². The Kier molecular flexibility index (Phi) is 2.41. The van der Waals surface area contributed by atoms with Gasteiger partial charge >= 0.3 is 0 Å². The van der Waals surface area contributed by atoms with Gasteiger partial charge in [-0.1, -0.05) is 12.1 Å². The molecule has 1 amide bonds. The lowest BCUT2D eigenvalue weighted by Crippen LogP contribution is -2.27. The Morgan fingerprint density at radius 1 is 1.29 bits per heavy atom. The van der Waals surface area contributed by atoms with Crippen molar-refractivity contribution in [1.82, 2.24) is 0 Å². The third-order valence-corrected chi connectivity index (χ3v) is 3.27. The van der Waals surface area contributed by atoms with Crippen molar-refractivity contribution in [2.45, 2.75) is 0 Å². The van der Waals surface area contributed by atoms with E-state index in [0.717, 1.165) is 0 Å². The van der Waals surface area contributed by atoms with Crippen LogP contribution in [0.15, 0.2) is 47.5 Å². The second-order valence-corrected chi connectivity index (χ2v) is 4.65. The number of likely N-dealkylation sites (N-methyl/N-ethyl adjacent to an activating group) is 1. The number of nitrogens with two attached hydrogens (primary N) is 1. The fourth-order valence-corrected chi connectivity index (χ4v) is 2.26. The monoisotopic (exact) mass is 287 g/mol. The van der Waals surface area contributed by atoms with E-state index in [2.05, 4.69) is 4.99 Å². The highest BCUT2D eigenvalue weighted by molar-refractivity contribution is 6.19. The maximum Gasteiger partial charge on any atom is 0.248 e. The number of anilines is 2. The number of carbonyl (C=O) groups is 1. The van der Waals surface area contributed by atoms with Crippen LogP contribution in [0.4, 0.5) is 15.8 Å². The highest BCUT2D eigenvalue weighted by atomic mass is 19.1. The van der Waals surface area contributed by atoms with E-state index in [0.29, 0.717) is 16.2 Å². The molecule has 2 N–H and O–H groups in total. The van der Waals surface area contributed by atoms with E-state index in [9.17, 15) is 9.18 Å². The fourth-order valence-electron chi connectivity index (χ4n) is 2.26. The minimum atomic E-state index is -2.68. The summed E-state index contributed by atoms with van der Waals surface area (Å²) >= 11 is 0. The van der Waals surface area contributed by atoms with Gasteiger partial charge in [0.15, 0.2) is 0 Å². The quantitative estimate of drug-likeness (QED) is 0.646. The Bertz CT molecular complexity index is 849. The first kappa shape index (κ1) is 10.1. The summed E-state index contributed by atoms with van der Waals surface area (Å²) in [6.45, 7) is -3.07. The molecule has 0 aliphatic carbocycles. The summed E-state index contributed by atoms with van der Waals surface area (Å²) in [4.78, 5) is 17.2. The molecule has 0 saturated carbocycles. The molecule has 1 aliphatic heterocycles. The number of benzene rings is 2. The molecule has 0 saturated heterocycles. The molecule has 106 valence electrons. The van der Waals surface area contributed by atoms with Crippen molar-refractivity contribution >= 4 is 23.0 Å². The minimum Gasteiger partial charge on any atom is -0.399 e. The van der Waals surface area contributed by atoms with Crippen LogP contribution in [0, 0.1) is 5.82 Å². The molecule has 2 aromatic carbocycles. The van der Waals surface area contributed by atoms with Crippen molar-refractivity contribution in [2.75, 3.05) is 24.2 Å². The average Bonchev–Trinajstić information content (AvgIpc) is 2.63. The Labute approximate surface area is 125 Å². The van der Waals surface area contributed by atoms with Gasteiger partial charge in [-0.2, -0.15) is 0 Å². The largest absolute Gasteiger partial charge is 0.399 e. The molecule has 4 nitrogen and oxygen atoms in total. The molecular formula is C16H14FN3O. The maximum absolute atomic E-state index is 14.2. The van der Waals surface area contributed by atoms with Crippen molar-refractivity contribution in [1.29, 1.82) is 0 Å². The highest BCUT2D eigenvalue weighted by Crippen LogP contribution is 2.28. The lowest BCUT2D eigenvalue weighted by Gasteiger charge is -2.18. The number of aliphatic imine (C=N–C) groups is 1. The van der Waals surface area contributed by atoms with Gasteiger partial charge in [0.05, 0.1) is 11.4 Å². The first-order chi connectivity index (χ1) is 11.3. The molecule has 0 fully saturated rings. The Morgan fingerprint density at radius 3 is 2.86 bits per heavy atom. The SMILES string of the molecule is [2H][13C]([2H])([2H])N1C(=O)CN=C(c2ccccc2F)c2cc(N)ccc21. The van der Waals surface area contributed by atoms with Gasteiger partial charge in [-0.25, -0.2) is 4.39 Å². The van der Waals surface area contributed by atoms with Crippen molar-refractivity contribution in [2.24, 2.45) is 4.99 Å². The number of benzodiazepines with no additional fused rings is 1. The second kappa shape index (κ2) is 5.01. The Hall–Kier alpha value is -2.69. The van der Waals surface area contributed by atoms with E-state index in [4.69, 9.17) is 9.85 Å². The molecule has 0 aromatic heterocycles. The Balaban J connectivity index is 2.28. The van der Waals surface area contributed by atoms with Crippen molar-refractivity contribution < 1.29 is 13.3 Å². The van der Waals surface area contributed by atoms with Crippen molar-refractivity contribution in [3.05, 3.63) is 59.4 Å². The molecular weight excluding hydrogens is 270 g/mol. The van der Waals surface area contributed by atoms with Crippen LogP contribution in [0.1, 0.15) is 15.2 Å². The number of rotatable bonds is 1. The van der Waals surface area contributed by atoms with E-state index < -0.39 is 25.2 Å². The van der Waals surface area contributed by atoms with Gasteiger partial charge < -0.3 is 10.6 Å². The van der Waals surface area contributed by atoms with Gasteiger partial charge in [-0.05, 0) is 30.3 Å². The van der Waals surface area contributed by atoms with Gasteiger partial charge in [0.25, 0.3) is 0 Å². The molecule has 0 unspecified atom stereocenters. The van der Waals surface area contributed by atoms with Crippen LogP contribution in [0.2, 0.25) is 0 Å². The summed E-state index contributed by atoms with van der Waals surface area (Å²) in [6, 6.07) is 10.4. The number of carbonyl (C=O) groups excluding carboxylic acids is 1. The van der Waals surface area contributed by atoms with Gasteiger partial charge in [0.1, 0.15) is 12.4 Å². The predicted octanol–water partition coefficient (Wildman–Crippen LogP) is 2.22. The van der Waals surface area contributed by atoms with E-state index in [1.807, 2.05) is 0 Å². The van der Waals surface area contributed by atoms with Crippen LogP contribution < -0.4 is 10.6 Å². The van der Waals surface area contributed by atoms with Gasteiger partial charge in [0.2, 0.25) is 5.91 Å². The van der Waals surface area contributed by atoms with Gasteiger partial charge in [0, 0.05) is 27.9 Å². The fraction of sp³-hybridized carbons (Fsp3) is 0.125. The summed E-state index contributed by atoms with van der Waals surface area (Å²) in [6.07, 6.45) is 0. The molecule has 0 bridgehead atoms. The topological polar surface area (TPSA) is 58.7 Å². The number of nitrogens with zero attached hydrogens (tertiary/aromatic N) is 2. The van der Waals surface area contributed by atoms with Crippen LogP contribution in [0.3, 0.4) is 0 Å². The highest BCUT2D eigenvalue weighted by Gasteiger charge is 2.23. The molecule has 1 heterocycles. The van der Waals surface area contributed by atoms with Crippen LogP contribution in [-0.4, -0.2) is 25.1 Å². The molecule has 0 radical (unpaired) electrons. The van der Waals surface area contributed by atoms with E-state index in [-0.39, 0.29) is 17.0 Å². The Morgan fingerprint density at radius 2 is 2.10 bits per heavy atom. The zero-order chi connectivity index (χ0) is 17.5. The van der Waals surface area contributed by atoms with Crippen LogP contribution in [-0.2, 0) is 4.79 Å². The zero-order valence-corrected chi connectivity index (χ0v) is 11.0. The summed E-state index contributed by atoms with van der Waals surface area (Å²) < 4.78 is 37.1. The van der Waals surface area contributed by atoms with Crippen molar-refractivity contribution in [3.8, 4) is 0 Å². The molecule has 1 aliphatic rings. The smallest absolute Gasteiger partial charge is 0.248 e. The second-order valence-electron chi connectivity index (χ2n) is 4.65. The first-order valence-electron chi connectivity index (χ1n) is 7.81. The molecule has 5 heteroatoms. The maximum atomic E-state index is 14.2. The van der Waals surface area contributed by atoms with E-state index in [1.54, 1.807) is 6.07 Å². The molecule has 0 spiro atoms. The molecule has 21 heavy (non-hydrogen) atoms. The third-order valence-electron chi connectivity index (χ3n) is 3.27. The number of amides is 1. The third kappa shape index (κ3) is 2.27. The summed E-state index contributed by atoms with van der Waals surface area (Å²) in [5, 5.41) is 0. The summed E-state index contributed by atoms with van der Waals surface area (Å²) in [7, 11) is 0. The standard InChI is InChI=1S/C16H14FN3O/c1-20-14-7-6-10(18)8-12(14)16(19-9-15(20)21)11-4-2-3-5-13(11)17/h2-8H,9,18H2,1H3/i1+1D3. The summed E-state index contributed by atoms with van der Waals surface area (Å²) in [5.74, 6) is -1.20. The zero-order valence-electron chi connectivity index (χ0n) is 14.0. The normalized spacial score (nSPS) is 17.2. The number of halogens is 1. The van der Waals surface area contributed by atoms with E-state index >= 15 is 0 Å². The minimum absolute atomic E-state index is 0.133. The van der Waals surface area contributed by atoms with E-state index in [1.165, 1.54) is 36.4 Å². The van der Waals surface area contributed by atoms with Crippen LogP contribution >= 0.6 is 0 Å². The lowest BCUT2D eigenvalue weighted by molar-refractivity contribution is -0.116. The van der Waals surface area contributed by atoms with Crippen LogP contribution in [0.5, 0.6) is 0 Å². The molecule has 2 aromatic rings. The van der Waals surface area contributed by atoms with Gasteiger partial charge in [-0.15, -0.1) is 0 Å². The van der Waals surface area contributed by atoms with Crippen molar-refractivity contribution in [3.63, 3.8) is 0 Å². The average molecular weight is 287 g/mol. The number of hydrogen-bond donors (Lipinski definition) is 1. The van der Waals surface area contributed by atoms with Crippen LogP contribution in [0.25, 0.3) is 0 Å².